The van der Waals surface area contributed by atoms with E-state index in [-0.39, 0.29) is 23.8 Å². The van der Waals surface area contributed by atoms with E-state index in [1.807, 2.05) is 6.07 Å². The smallest absolute Gasteiger partial charge is 0.255 e. The molecule has 0 aliphatic carbocycles. The van der Waals surface area contributed by atoms with Crippen molar-refractivity contribution in [3.63, 3.8) is 0 Å². The minimum Gasteiger partial charge on any atom is -0.508 e. The summed E-state index contributed by atoms with van der Waals surface area (Å²) < 4.78 is 14.8. The van der Waals surface area contributed by atoms with Gasteiger partial charge in [-0.1, -0.05) is 29.5 Å². The first-order valence-electron chi connectivity index (χ1n) is 8.23. The van der Waals surface area contributed by atoms with Crippen LogP contribution in [0.25, 0.3) is 0 Å². The van der Waals surface area contributed by atoms with Gasteiger partial charge in [-0.2, -0.15) is 0 Å². The van der Waals surface area contributed by atoms with Crippen LogP contribution in [0.1, 0.15) is 27.5 Å². The van der Waals surface area contributed by atoms with Gasteiger partial charge in [0, 0.05) is 17.7 Å². The topological polar surface area (TPSA) is 82.5 Å². The molecule has 3 aromatic rings. The van der Waals surface area contributed by atoms with Crippen LogP contribution in [-0.4, -0.2) is 26.8 Å². The number of anilines is 1. The molecule has 2 heterocycles. The molecule has 28 heavy (non-hydrogen) atoms. The number of phenolic OH excluding ortho intramolecular Hbond substituents is 1. The van der Waals surface area contributed by atoms with Gasteiger partial charge in [0.15, 0.2) is 5.13 Å². The van der Waals surface area contributed by atoms with Crippen molar-refractivity contribution in [2.45, 2.75) is 12.6 Å². The molecule has 142 valence electrons. The molecule has 6 nitrogen and oxygen atoms in total. The summed E-state index contributed by atoms with van der Waals surface area (Å²) in [5, 5.41) is 13.3. The maximum atomic E-state index is 13.9. The number of nitrogens with one attached hydrogen (secondary N) is 1. The van der Waals surface area contributed by atoms with Crippen molar-refractivity contribution in [2.24, 2.45) is 0 Å². The summed E-state index contributed by atoms with van der Waals surface area (Å²) in [6, 6.07) is 9.16. The van der Waals surface area contributed by atoms with E-state index in [1.54, 1.807) is 24.4 Å². The number of amides is 2. The number of rotatable bonds is 4. The fraction of sp³-hybridized carbons (Fsp3) is 0.105. The number of benzene rings is 2. The molecule has 0 fully saturated rings. The van der Waals surface area contributed by atoms with Crippen LogP contribution in [0, 0.1) is 8.70 Å². The molecule has 1 atom stereocenters. The predicted molar refractivity (Wildman–Crippen MR) is 111 cm³/mol. The molecule has 2 aromatic carbocycles. The third-order valence-corrected chi connectivity index (χ3v) is 6.04. The maximum absolute atomic E-state index is 13.9. The Morgan fingerprint density at radius 3 is 2.82 bits per heavy atom. The number of carbonyl (C=O) groups excluding carboxylic acids is 2. The predicted octanol–water partition coefficient (Wildman–Crippen LogP) is 3.93. The Labute approximate surface area is 177 Å². The monoisotopic (exact) mass is 509 g/mol. The lowest BCUT2D eigenvalue weighted by atomic mass is 10.0. The van der Waals surface area contributed by atoms with E-state index in [2.05, 4.69) is 32.9 Å². The van der Waals surface area contributed by atoms with E-state index in [4.69, 9.17) is 0 Å². The van der Waals surface area contributed by atoms with E-state index in [0.29, 0.717) is 10.7 Å². The van der Waals surface area contributed by atoms with E-state index < -0.39 is 17.8 Å². The first kappa shape index (κ1) is 18.8. The molecule has 0 bridgehead atoms. The lowest BCUT2D eigenvalue weighted by Gasteiger charge is -2.27. The van der Waals surface area contributed by atoms with Gasteiger partial charge >= 0.3 is 0 Å². The number of hydrogen-bond acceptors (Lipinski definition) is 5. The van der Waals surface area contributed by atoms with Gasteiger partial charge in [0.25, 0.3) is 11.8 Å². The summed E-state index contributed by atoms with van der Waals surface area (Å²) in [5.74, 6) is -1.81. The molecule has 0 radical (unpaired) electrons. The van der Waals surface area contributed by atoms with E-state index in [9.17, 15) is 19.1 Å². The van der Waals surface area contributed by atoms with Gasteiger partial charge in [-0.05, 0) is 52.4 Å². The van der Waals surface area contributed by atoms with E-state index >= 15 is 0 Å². The van der Waals surface area contributed by atoms with Gasteiger partial charge < -0.3 is 10.0 Å². The normalized spacial score (nSPS) is 14.1. The molecule has 2 N–H and O–H groups in total. The average molecular weight is 509 g/mol. The second kappa shape index (κ2) is 7.47. The number of phenols is 1. The zero-order valence-corrected chi connectivity index (χ0v) is 17.2. The number of thiazole rings is 1. The zero-order chi connectivity index (χ0) is 19.8. The number of fused-ring (bicyclic) bond motifs is 1. The Morgan fingerprint density at radius 2 is 2.11 bits per heavy atom. The second-order valence-electron chi connectivity index (χ2n) is 6.15. The summed E-state index contributed by atoms with van der Waals surface area (Å²) in [6.07, 6.45) is 1.60. The van der Waals surface area contributed by atoms with Gasteiger partial charge in [0.05, 0.1) is 9.08 Å². The van der Waals surface area contributed by atoms with E-state index in [0.717, 1.165) is 20.6 Å². The lowest BCUT2D eigenvalue weighted by molar-refractivity contribution is -0.120. The summed E-state index contributed by atoms with van der Waals surface area (Å²) in [5.41, 5.74) is 1.27. The standard InChI is InChI=1S/C19H13FIN3O3S/c20-11-5-6-14(25)13(7-11)16(17(26)23-19-22-8-15(21)28-19)24-9-10-3-1-2-4-12(10)18(24)27/h1-8,16,25H,9H2,(H,22,23,26). The highest BCUT2D eigenvalue weighted by atomic mass is 127. The Bertz CT molecular complexity index is 1090. The van der Waals surface area contributed by atoms with Crippen LogP contribution in [0.2, 0.25) is 0 Å². The number of halogens is 2. The number of carbonyl (C=O) groups is 2. The fourth-order valence-electron chi connectivity index (χ4n) is 3.17. The number of nitrogens with zero attached hydrogens (tertiary/aromatic N) is 2. The summed E-state index contributed by atoms with van der Waals surface area (Å²) >= 11 is 3.35. The number of hydrogen-bond donors (Lipinski definition) is 2. The second-order valence-corrected chi connectivity index (χ2v) is 9.08. The largest absolute Gasteiger partial charge is 0.508 e. The molecular weight excluding hydrogens is 496 g/mol. The van der Waals surface area contributed by atoms with Crippen LogP contribution in [0.15, 0.2) is 48.7 Å². The molecule has 1 unspecified atom stereocenters. The van der Waals surface area contributed by atoms with Crippen molar-refractivity contribution in [3.8, 4) is 5.75 Å². The van der Waals surface area contributed by atoms with Gasteiger partial charge in [-0.25, -0.2) is 9.37 Å². The Balaban J connectivity index is 1.75. The van der Waals surface area contributed by atoms with Gasteiger partial charge in [0.2, 0.25) is 0 Å². The highest BCUT2D eigenvalue weighted by Crippen LogP contribution is 2.36. The summed E-state index contributed by atoms with van der Waals surface area (Å²) in [7, 11) is 0. The maximum Gasteiger partial charge on any atom is 0.255 e. The third-order valence-electron chi connectivity index (χ3n) is 4.40. The lowest BCUT2D eigenvalue weighted by Crippen LogP contribution is -2.37. The van der Waals surface area contributed by atoms with Crippen LogP contribution < -0.4 is 5.32 Å². The van der Waals surface area contributed by atoms with Crippen LogP contribution in [-0.2, 0) is 11.3 Å². The molecule has 2 amide bonds. The molecule has 0 saturated carbocycles. The molecular formula is C19H13FIN3O3S. The highest BCUT2D eigenvalue weighted by molar-refractivity contribution is 14.1. The fourth-order valence-corrected chi connectivity index (χ4v) is 4.48. The van der Waals surface area contributed by atoms with Crippen LogP contribution in [0.3, 0.4) is 0 Å². The van der Waals surface area contributed by atoms with Crippen molar-refractivity contribution >= 4 is 50.9 Å². The highest BCUT2D eigenvalue weighted by Gasteiger charge is 2.39. The summed E-state index contributed by atoms with van der Waals surface area (Å²) in [6.45, 7) is 0.179. The van der Waals surface area contributed by atoms with Crippen LogP contribution >= 0.6 is 33.9 Å². The van der Waals surface area contributed by atoms with Crippen LogP contribution in [0.5, 0.6) is 5.75 Å². The SMILES string of the molecule is O=C(Nc1ncc(I)s1)C(c1cc(F)ccc1O)N1Cc2ccccc2C1=O. The Morgan fingerprint density at radius 1 is 1.32 bits per heavy atom. The molecule has 4 rings (SSSR count). The van der Waals surface area contributed by atoms with Gasteiger partial charge in [0.1, 0.15) is 17.6 Å². The van der Waals surface area contributed by atoms with Crippen molar-refractivity contribution in [2.75, 3.05) is 5.32 Å². The van der Waals surface area contributed by atoms with Crippen molar-refractivity contribution in [1.29, 1.82) is 0 Å². The van der Waals surface area contributed by atoms with Gasteiger partial charge in [-0.3, -0.25) is 14.9 Å². The number of aromatic hydroxyl groups is 1. The summed E-state index contributed by atoms with van der Waals surface area (Å²) in [4.78, 5) is 31.4. The molecule has 0 spiro atoms. The zero-order valence-electron chi connectivity index (χ0n) is 14.2. The van der Waals surface area contributed by atoms with Crippen molar-refractivity contribution in [1.82, 2.24) is 9.88 Å². The van der Waals surface area contributed by atoms with Crippen molar-refractivity contribution < 1.29 is 19.1 Å². The quantitative estimate of drug-likeness (QED) is 0.523. The first-order chi connectivity index (χ1) is 13.4. The molecule has 9 heteroatoms. The average Bonchev–Trinajstić information content (AvgIpc) is 3.22. The first-order valence-corrected chi connectivity index (χ1v) is 10.1. The number of aromatic nitrogens is 1. The third kappa shape index (κ3) is 3.47. The van der Waals surface area contributed by atoms with E-state index in [1.165, 1.54) is 22.3 Å². The minimum atomic E-state index is -1.21. The Hall–Kier alpha value is -2.53. The van der Waals surface area contributed by atoms with Crippen LogP contribution in [0.4, 0.5) is 9.52 Å². The van der Waals surface area contributed by atoms with Crippen molar-refractivity contribution in [3.05, 3.63) is 74.1 Å². The molecule has 1 aliphatic heterocycles. The molecule has 0 saturated heterocycles. The molecule has 1 aromatic heterocycles. The molecule has 1 aliphatic rings. The Kier molecular flexibility index (Phi) is 5.02. The van der Waals surface area contributed by atoms with Gasteiger partial charge in [-0.15, -0.1) is 0 Å². The minimum absolute atomic E-state index is 0.0184.